The van der Waals surface area contributed by atoms with Gasteiger partial charge < -0.3 is 0 Å². The number of fused-ring (bicyclic) bond motifs is 2. The van der Waals surface area contributed by atoms with Gasteiger partial charge in [0.05, 0.1) is 33.4 Å². The van der Waals surface area contributed by atoms with Crippen LogP contribution in [0.2, 0.25) is 0 Å². The lowest BCUT2D eigenvalue weighted by Crippen LogP contribution is -2.12. The lowest BCUT2D eigenvalue weighted by molar-refractivity contribution is -0.144. The van der Waals surface area contributed by atoms with Crippen LogP contribution in [-0.4, -0.2) is 0 Å². The van der Waals surface area contributed by atoms with E-state index in [1.54, 1.807) is 12.1 Å². The van der Waals surface area contributed by atoms with Gasteiger partial charge in [-0.25, -0.2) is 0 Å². The predicted molar refractivity (Wildman–Crippen MR) is 160 cm³/mol. The quantitative estimate of drug-likeness (QED) is 0.188. The SMILES string of the molecule is N#CC(C#N)=C1C(c2cc(C(F)(F)F)cc(C(F)(F)F)c2)=C(C#N)c2cc3c(cc21)C(=C(C#N)C#N)C(c1cc(C(F)(F)F)cc(C(F)(F)F)c1)=C3C#N. The van der Waals surface area contributed by atoms with Crippen molar-refractivity contribution in [2.24, 2.45) is 0 Å². The molecule has 0 fully saturated rings. The zero-order valence-electron chi connectivity index (χ0n) is 25.8. The maximum Gasteiger partial charge on any atom is 0.416 e. The molecular formula is C36H8F12N6. The summed E-state index contributed by atoms with van der Waals surface area (Å²) < 4.78 is 166. The zero-order valence-corrected chi connectivity index (χ0v) is 25.8. The van der Waals surface area contributed by atoms with Gasteiger partial charge in [0.25, 0.3) is 0 Å². The summed E-state index contributed by atoms with van der Waals surface area (Å²) in [5.74, 6) is 0. The third kappa shape index (κ3) is 6.27. The highest BCUT2D eigenvalue weighted by Crippen LogP contribution is 2.55. The van der Waals surface area contributed by atoms with Crippen molar-refractivity contribution in [1.29, 1.82) is 31.6 Å². The first-order valence-corrected chi connectivity index (χ1v) is 14.2. The molecule has 0 N–H and O–H groups in total. The molecule has 0 aromatic heterocycles. The van der Waals surface area contributed by atoms with Crippen LogP contribution in [0, 0.1) is 68.0 Å². The largest absolute Gasteiger partial charge is 0.416 e. The molecule has 0 radical (unpaired) electrons. The molecule has 0 heterocycles. The van der Waals surface area contributed by atoms with E-state index in [1.807, 2.05) is 0 Å². The van der Waals surface area contributed by atoms with Gasteiger partial charge >= 0.3 is 24.7 Å². The first-order valence-electron chi connectivity index (χ1n) is 14.2. The number of nitrogens with zero attached hydrogens (tertiary/aromatic N) is 6. The molecule has 3 aromatic rings. The van der Waals surface area contributed by atoms with Gasteiger partial charge in [-0.05, 0) is 70.8 Å². The summed E-state index contributed by atoms with van der Waals surface area (Å²) in [6.45, 7) is 0. The predicted octanol–water partition coefficient (Wildman–Crippen LogP) is 10.3. The van der Waals surface area contributed by atoms with Crippen LogP contribution < -0.4 is 0 Å². The number of halogens is 12. The van der Waals surface area contributed by atoms with Gasteiger partial charge in [0, 0.05) is 33.4 Å². The van der Waals surface area contributed by atoms with Crippen LogP contribution in [-0.2, 0) is 24.7 Å². The van der Waals surface area contributed by atoms with Gasteiger partial charge in [0.15, 0.2) is 0 Å². The molecule has 2 aliphatic rings. The molecule has 6 nitrogen and oxygen atoms in total. The Balaban J connectivity index is 1.97. The molecule has 0 unspecified atom stereocenters. The smallest absolute Gasteiger partial charge is 0.192 e. The van der Waals surface area contributed by atoms with Crippen LogP contribution >= 0.6 is 0 Å². The summed E-state index contributed by atoms with van der Waals surface area (Å²) in [5, 5.41) is 59.9. The molecule has 0 saturated carbocycles. The van der Waals surface area contributed by atoms with Crippen LogP contribution in [0.1, 0.15) is 55.6 Å². The fraction of sp³-hybridized carbons (Fsp3) is 0.111. The molecule has 0 bridgehead atoms. The highest BCUT2D eigenvalue weighted by molar-refractivity contribution is 6.30. The molecule has 0 saturated heterocycles. The van der Waals surface area contributed by atoms with Crippen molar-refractivity contribution in [3.8, 4) is 36.4 Å². The van der Waals surface area contributed by atoms with Crippen molar-refractivity contribution in [3.63, 3.8) is 0 Å². The minimum Gasteiger partial charge on any atom is -0.192 e. The molecule has 0 atom stereocenters. The number of allylic oxidation sites excluding steroid dienone is 8. The average molecular weight is 752 g/mol. The normalized spacial score (nSPS) is 14.0. The number of nitriles is 6. The Morgan fingerprint density at radius 2 is 0.630 bits per heavy atom. The maximum absolute atomic E-state index is 13.9. The van der Waals surface area contributed by atoms with E-state index in [0.717, 1.165) is 12.1 Å². The lowest BCUT2D eigenvalue weighted by Gasteiger charge is -2.16. The minimum absolute atomic E-state index is 0.216. The van der Waals surface area contributed by atoms with E-state index in [4.69, 9.17) is 0 Å². The van der Waals surface area contributed by atoms with Crippen LogP contribution in [0.15, 0.2) is 59.7 Å². The van der Waals surface area contributed by atoms with Gasteiger partial charge in [-0.1, -0.05) is 0 Å². The molecule has 0 spiro atoms. The minimum atomic E-state index is -5.39. The molecular weight excluding hydrogens is 744 g/mol. The zero-order chi connectivity index (χ0) is 40.3. The van der Waals surface area contributed by atoms with Crippen LogP contribution in [0.25, 0.3) is 33.4 Å². The number of benzene rings is 3. The van der Waals surface area contributed by atoms with E-state index in [1.165, 1.54) is 24.3 Å². The maximum atomic E-state index is 13.9. The molecule has 3 aromatic carbocycles. The molecule has 5 rings (SSSR count). The van der Waals surface area contributed by atoms with E-state index in [9.17, 15) is 84.3 Å². The number of hydrogen-bond donors (Lipinski definition) is 0. The second-order valence-corrected chi connectivity index (χ2v) is 11.2. The molecule has 0 amide bonds. The van der Waals surface area contributed by atoms with Crippen molar-refractivity contribution < 1.29 is 52.7 Å². The van der Waals surface area contributed by atoms with E-state index >= 15 is 0 Å². The van der Waals surface area contributed by atoms with Gasteiger partial charge in [-0.15, -0.1) is 0 Å². The lowest BCUT2D eigenvalue weighted by atomic mass is 9.88. The standard InChI is InChI=1S/C36H8F12N6/c37-33(38,39)19-1-15(2-20(5-19)34(40,41)42)29-27(13-53)23-7-24-26(8-25(23)31(29)17(9-49)10-50)32(18(11-51)12-52)30(28(24)14-54)16-3-21(35(43,44)45)6-22(4-16)36(46,47)48/h1-8H. The Labute approximate surface area is 294 Å². The summed E-state index contributed by atoms with van der Waals surface area (Å²) in [4.78, 5) is 0. The van der Waals surface area contributed by atoms with Gasteiger partial charge in [-0.3, -0.25) is 0 Å². The summed E-state index contributed by atoms with van der Waals surface area (Å²) in [5.41, 5.74) is -17.6. The summed E-state index contributed by atoms with van der Waals surface area (Å²) in [6.07, 6.45) is -21.6. The van der Waals surface area contributed by atoms with Gasteiger partial charge in [0.2, 0.25) is 0 Å². The molecule has 2 aliphatic carbocycles. The highest BCUT2D eigenvalue weighted by Gasteiger charge is 2.42. The number of alkyl halides is 12. The van der Waals surface area contributed by atoms with E-state index in [-0.39, 0.29) is 36.4 Å². The van der Waals surface area contributed by atoms with E-state index < -0.39 is 125 Å². The monoisotopic (exact) mass is 752 g/mol. The van der Waals surface area contributed by atoms with Gasteiger partial charge in [-0.2, -0.15) is 84.3 Å². The first kappa shape index (κ1) is 38.0. The topological polar surface area (TPSA) is 143 Å². The third-order valence-corrected chi connectivity index (χ3v) is 8.16. The Bertz CT molecular complexity index is 2330. The van der Waals surface area contributed by atoms with Crippen LogP contribution in [0.3, 0.4) is 0 Å². The fourth-order valence-corrected chi connectivity index (χ4v) is 6.02. The molecule has 0 aliphatic heterocycles. The average Bonchev–Trinajstić information content (AvgIpc) is 3.58. The van der Waals surface area contributed by atoms with Crippen molar-refractivity contribution in [3.05, 3.63) is 115 Å². The van der Waals surface area contributed by atoms with Crippen molar-refractivity contribution in [1.82, 2.24) is 0 Å². The highest BCUT2D eigenvalue weighted by atomic mass is 19.4. The second kappa shape index (κ2) is 12.7. The summed E-state index contributed by atoms with van der Waals surface area (Å²) >= 11 is 0. The Hall–Kier alpha value is -7.28. The van der Waals surface area contributed by atoms with Gasteiger partial charge in [0.1, 0.15) is 47.6 Å². The van der Waals surface area contributed by atoms with Crippen molar-refractivity contribution in [2.45, 2.75) is 24.7 Å². The molecule has 266 valence electrons. The van der Waals surface area contributed by atoms with Crippen molar-refractivity contribution in [2.75, 3.05) is 0 Å². The summed E-state index contributed by atoms with van der Waals surface area (Å²) in [6, 6.07) is 11.0. The van der Waals surface area contributed by atoms with Crippen LogP contribution in [0.4, 0.5) is 52.7 Å². The molecule has 54 heavy (non-hydrogen) atoms. The Kier molecular flexibility index (Phi) is 8.96. The fourth-order valence-electron chi connectivity index (χ4n) is 6.02. The first-order chi connectivity index (χ1) is 25.0. The van der Waals surface area contributed by atoms with E-state index in [0.29, 0.717) is 0 Å². The summed E-state index contributed by atoms with van der Waals surface area (Å²) in [7, 11) is 0. The molecule has 18 heteroatoms. The van der Waals surface area contributed by atoms with Crippen molar-refractivity contribution >= 4 is 33.4 Å². The number of rotatable bonds is 2. The third-order valence-electron chi connectivity index (χ3n) is 8.16. The number of hydrogen-bond acceptors (Lipinski definition) is 6. The second-order valence-electron chi connectivity index (χ2n) is 11.2. The van der Waals surface area contributed by atoms with Crippen LogP contribution in [0.5, 0.6) is 0 Å². The Morgan fingerprint density at radius 3 is 0.852 bits per heavy atom. The Morgan fingerprint density at radius 1 is 0.370 bits per heavy atom. The van der Waals surface area contributed by atoms with E-state index in [2.05, 4.69) is 0 Å².